The molecule has 0 atom stereocenters. The third-order valence-corrected chi connectivity index (χ3v) is 2.24. The summed E-state index contributed by atoms with van der Waals surface area (Å²) in [4.78, 5) is 19.1. The van der Waals surface area contributed by atoms with E-state index in [1.807, 2.05) is 0 Å². The Hall–Kier alpha value is -2.45. The second kappa shape index (κ2) is 5.27. The van der Waals surface area contributed by atoms with E-state index in [4.69, 9.17) is 0 Å². The first-order chi connectivity index (χ1) is 9.43. The minimum atomic E-state index is -4.78. The third kappa shape index (κ3) is 2.76. The highest BCUT2D eigenvalue weighted by molar-refractivity contribution is 5.90. The van der Waals surface area contributed by atoms with Crippen molar-refractivity contribution in [2.75, 3.05) is 6.61 Å². The molecule has 0 spiro atoms. The van der Waals surface area contributed by atoms with Crippen LogP contribution in [0.5, 0.6) is 0 Å². The van der Waals surface area contributed by atoms with Gasteiger partial charge in [-0.3, -0.25) is 0 Å². The zero-order valence-electron chi connectivity index (χ0n) is 10.3. The van der Waals surface area contributed by atoms with Crippen LogP contribution >= 0.6 is 0 Å². The topological polar surface area (TPSA) is 69.9 Å². The largest absolute Gasteiger partial charge is 0.462 e. The molecule has 0 N–H and O–H groups in total. The predicted molar refractivity (Wildman–Crippen MR) is 60.1 cm³/mol. The molecular weight excluding hydrogens is 277 g/mol. The number of hydrogen-bond acceptors (Lipinski definition) is 5. The van der Waals surface area contributed by atoms with Gasteiger partial charge in [0.05, 0.1) is 6.61 Å². The van der Waals surface area contributed by atoms with Crippen LogP contribution in [0.2, 0.25) is 0 Å². The number of halogens is 3. The second-order valence-electron chi connectivity index (χ2n) is 3.60. The molecule has 0 aliphatic heterocycles. The van der Waals surface area contributed by atoms with Crippen molar-refractivity contribution < 1.29 is 22.7 Å². The molecule has 0 unspecified atom stereocenters. The van der Waals surface area contributed by atoms with Crippen molar-refractivity contribution in [3.63, 3.8) is 0 Å². The van der Waals surface area contributed by atoms with E-state index in [9.17, 15) is 18.0 Å². The Bertz CT molecular complexity index is 610. The average molecular weight is 286 g/mol. The zero-order valence-corrected chi connectivity index (χ0v) is 10.3. The maximum atomic E-state index is 12.9. The van der Waals surface area contributed by atoms with E-state index < -0.39 is 23.4 Å². The van der Waals surface area contributed by atoms with Crippen LogP contribution in [-0.4, -0.2) is 32.3 Å². The van der Waals surface area contributed by atoms with Crippen molar-refractivity contribution in [2.45, 2.75) is 13.1 Å². The van der Waals surface area contributed by atoms with E-state index in [-0.39, 0.29) is 12.6 Å². The molecule has 2 aromatic heterocycles. The Kier molecular flexibility index (Phi) is 3.68. The predicted octanol–water partition coefficient (Wildman–Crippen LogP) is 1.86. The molecule has 0 aliphatic rings. The number of alkyl halides is 3. The molecule has 0 aliphatic carbocycles. The standard InChI is InChI=1S/C11H9F3N4O2/c1-2-20-9(19)7-6-18(10-15-4-3-5-16-10)17-8(7)11(12,13)14/h3-6H,2H2,1H3. The van der Waals surface area contributed by atoms with Crippen LogP contribution in [-0.2, 0) is 10.9 Å². The van der Waals surface area contributed by atoms with Gasteiger partial charge in [0.1, 0.15) is 5.56 Å². The van der Waals surface area contributed by atoms with Gasteiger partial charge in [-0.25, -0.2) is 19.4 Å². The molecule has 0 radical (unpaired) electrons. The van der Waals surface area contributed by atoms with Crippen LogP contribution in [0.25, 0.3) is 5.95 Å². The Labute approximate surface area is 111 Å². The number of ether oxygens (including phenoxy) is 1. The number of carbonyl (C=O) groups excluding carboxylic acids is 1. The highest BCUT2D eigenvalue weighted by atomic mass is 19.4. The number of carbonyl (C=O) groups is 1. The number of hydrogen-bond donors (Lipinski definition) is 0. The summed E-state index contributed by atoms with van der Waals surface area (Å²) >= 11 is 0. The molecular formula is C11H9F3N4O2. The quantitative estimate of drug-likeness (QED) is 0.805. The molecule has 2 heterocycles. The van der Waals surface area contributed by atoms with Gasteiger partial charge in [0.15, 0.2) is 5.69 Å². The van der Waals surface area contributed by atoms with Gasteiger partial charge in [0.2, 0.25) is 5.95 Å². The Morgan fingerprint density at radius 1 is 1.35 bits per heavy atom. The summed E-state index contributed by atoms with van der Waals surface area (Å²) in [6.07, 6.45) is -1.18. The first kappa shape index (κ1) is 14.0. The van der Waals surface area contributed by atoms with E-state index in [2.05, 4.69) is 19.8 Å². The third-order valence-electron chi connectivity index (χ3n) is 2.24. The summed E-state index contributed by atoms with van der Waals surface area (Å²) in [7, 11) is 0. The van der Waals surface area contributed by atoms with E-state index >= 15 is 0 Å². The molecule has 2 rings (SSSR count). The van der Waals surface area contributed by atoms with Gasteiger partial charge in [-0.15, -0.1) is 0 Å². The highest BCUT2D eigenvalue weighted by Gasteiger charge is 2.40. The van der Waals surface area contributed by atoms with Crippen molar-refractivity contribution in [1.82, 2.24) is 19.7 Å². The van der Waals surface area contributed by atoms with Gasteiger partial charge in [0, 0.05) is 18.6 Å². The molecule has 2 aromatic rings. The molecule has 0 fully saturated rings. The van der Waals surface area contributed by atoms with Gasteiger partial charge >= 0.3 is 12.1 Å². The number of rotatable bonds is 3. The molecule has 0 saturated heterocycles. The van der Waals surface area contributed by atoms with Gasteiger partial charge in [-0.2, -0.15) is 18.3 Å². The molecule has 0 amide bonds. The number of esters is 1. The Morgan fingerprint density at radius 2 is 2.00 bits per heavy atom. The second-order valence-corrected chi connectivity index (χ2v) is 3.60. The summed E-state index contributed by atoms with van der Waals surface area (Å²) in [6.45, 7) is 1.46. The summed E-state index contributed by atoms with van der Waals surface area (Å²) in [5, 5.41) is 3.32. The zero-order chi connectivity index (χ0) is 14.8. The Morgan fingerprint density at radius 3 is 2.55 bits per heavy atom. The van der Waals surface area contributed by atoms with Crippen LogP contribution in [0, 0.1) is 0 Å². The average Bonchev–Trinajstić information content (AvgIpc) is 2.85. The van der Waals surface area contributed by atoms with Crippen LogP contribution in [0.4, 0.5) is 13.2 Å². The first-order valence-corrected chi connectivity index (χ1v) is 5.55. The Balaban J connectivity index is 2.50. The minimum Gasteiger partial charge on any atom is -0.462 e. The fourth-order valence-electron chi connectivity index (χ4n) is 1.45. The molecule has 9 heteroatoms. The summed E-state index contributed by atoms with van der Waals surface area (Å²) in [5.41, 5.74) is -2.00. The van der Waals surface area contributed by atoms with Crippen LogP contribution in [0.3, 0.4) is 0 Å². The molecule has 6 nitrogen and oxygen atoms in total. The first-order valence-electron chi connectivity index (χ1n) is 5.55. The highest BCUT2D eigenvalue weighted by Crippen LogP contribution is 2.31. The summed E-state index contributed by atoms with van der Waals surface area (Å²) in [5.74, 6) is -1.17. The molecule has 0 saturated carbocycles. The van der Waals surface area contributed by atoms with Gasteiger partial charge < -0.3 is 4.74 Å². The van der Waals surface area contributed by atoms with E-state index in [0.717, 1.165) is 10.9 Å². The van der Waals surface area contributed by atoms with Gasteiger partial charge in [0.25, 0.3) is 0 Å². The van der Waals surface area contributed by atoms with E-state index in [1.54, 1.807) is 0 Å². The minimum absolute atomic E-state index is 0.0385. The molecule has 0 aromatic carbocycles. The smallest absolute Gasteiger partial charge is 0.436 e. The van der Waals surface area contributed by atoms with Crippen molar-refractivity contribution in [3.8, 4) is 5.95 Å². The van der Waals surface area contributed by atoms with Crippen LogP contribution in [0.1, 0.15) is 23.0 Å². The summed E-state index contributed by atoms with van der Waals surface area (Å²) < 4.78 is 43.9. The van der Waals surface area contributed by atoms with Gasteiger partial charge in [-0.1, -0.05) is 0 Å². The fraction of sp³-hybridized carbons (Fsp3) is 0.273. The lowest BCUT2D eigenvalue weighted by molar-refractivity contribution is -0.141. The fourth-order valence-corrected chi connectivity index (χ4v) is 1.45. The number of aromatic nitrogens is 4. The molecule has 20 heavy (non-hydrogen) atoms. The molecule has 0 bridgehead atoms. The van der Waals surface area contributed by atoms with Crippen molar-refractivity contribution in [2.24, 2.45) is 0 Å². The van der Waals surface area contributed by atoms with Crippen LogP contribution < -0.4 is 0 Å². The normalized spacial score (nSPS) is 11.4. The maximum Gasteiger partial charge on any atom is 0.436 e. The van der Waals surface area contributed by atoms with Gasteiger partial charge in [-0.05, 0) is 13.0 Å². The maximum absolute atomic E-state index is 12.9. The summed E-state index contributed by atoms with van der Waals surface area (Å²) in [6, 6.07) is 1.50. The van der Waals surface area contributed by atoms with E-state index in [0.29, 0.717) is 0 Å². The van der Waals surface area contributed by atoms with E-state index in [1.165, 1.54) is 25.4 Å². The lowest BCUT2D eigenvalue weighted by Gasteiger charge is -2.04. The van der Waals surface area contributed by atoms with Crippen molar-refractivity contribution >= 4 is 5.97 Å². The molecule has 106 valence electrons. The lowest BCUT2D eigenvalue weighted by atomic mass is 10.2. The SMILES string of the molecule is CCOC(=O)c1cn(-c2ncccn2)nc1C(F)(F)F. The van der Waals surface area contributed by atoms with Crippen molar-refractivity contribution in [1.29, 1.82) is 0 Å². The van der Waals surface area contributed by atoms with Crippen molar-refractivity contribution in [3.05, 3.63) is 35.9 Å². The lowest BCUT2D eigenvalue weighted by Crippen LogP contribution is -2.14. The number of nitrogens with zero attached hydrogens (tertiary/aromatic N) is 4. The monoisotopic (exact) mass is 286 g/mol. The van der Waals surface area contributed by atoms with Crippen LogP contribution in [0.15, 0.2) is 24.7 Å².